The number of nitrogens with zero attached hydrogens (tertiary/aromatic N) is 1. The zero-order valence-corrected chi connectivity index (χ0v) is 10.6. The van der Waals surface area contributed by atoms with Crippen molar-refractivity contribution < 1.29 is 14.7 Å². The number of carboxylic acid groups (broad SMARTS) is 1. The largest absolute Gasteiger partial charge is 0.481 e. The highest BCUT2D eigenvalue weighted by atomic mass is 16.4. The number of hydrogen-bond acceptors (Lipinski definition) is 3. The van der Waals surface area contributed by atoms with E-state index in [9.17, 15) is 9.59 Å². The molecule has 1 rings (SSSR count). The molecule has 3 N–H and O–H groups in total. The van der Waals surface area contributed by atoms with E-state index in [2.05, 4.69) is 0 Å². The Morgan fingerprint density at radius 2 is 2.18 bits per heavy atom. The number of carboxylic acids is 1. The molecular weight excluding hydrogens is 220 g/mol. The second-order valence-corrected chi connectivity index (χ2v) is 5.12. The summed E-state index contributed by atoms with van der Waals surface area (Å²) in [6.45, 7) is 4.57. The lowest BCUT2D eigenvalue weighted by Gasteiger charge is -2.38. The minimum absolute atomic E-state index is 0.112. The number of carbonyl (C=O) groups is 2. The van der Waals surface area contributed by atoms with Crippen LogP contribution in [0.4, 0.5) is 0 Å². The first-order valence-corrected chi connectivity index (χ1v) is 6.18. The summed E-state index contributed by atoms with van der Waals surface area (Å²) < 4.78 is 0. The van der Waals surface area contributed by atoms with Gasteiger partial charge in [0.15, 0.2) is 0 Å². The Labute approximate surface area is 102 Å². The molecule has 1 amide bonds. The fourth-order valence-electron chi connectivity index (χ4n) is 2.27. The summed E-state index contributed by atoms with van der Waals surface area (Å²) in [7, 11) is 0. The van der Waals surface area contributed by atoms with Crippen LogP contribution in [0.5, 0.6) is 0 Å². The number of carbonyl (C=O) groups excluding carboxylic acids is 1. The number of rotatable bonds is 4. The van der Waals surface area contributed by atoms with Gasteiger partial charge in [0.2, 0.25) is 5.91 Å². The van der Waals surface area contributed by atoms with Gasteiger partial charge in [-0.1, -0.05) is 13.3 Å². The molecule has 0 aromatic rings. The third kappa shape index (κ3) is 3.19. The Kier molecular flexibility index (Phi) is 4.51. The summed E-state index contributed by atoms with van der Waals surface area (Å²) >= 11 is 0. The van der Waals surface area contributed by atoms with Crippen molar-refractivity contribution >= 4 is 11.9 Å². The number of nitrogens with two attached hydrogens (primary N) is 1. The molecule has 1 aliphatic rings. The standard InChI is InChI=1S/C12H22N2O3/c1-3-5-9(13)10(15)14-7-4-6-12(2,8-14)11(16)17/h9H,3-8,13H2,1-2H3,(H,16,17)/t9-,12?/m0/s1. The molecule has 17 heavy (non-hydrogen) atoms. The fourth-order valence-corrected chi connectivity index (χ4v) is 2.27. The molecule has 98 valence electrons. The molecule has 1 fully saturated rings. The van der Waals surface area contributed by atoms with Gasteiger partial charge in [0.1, 0.15) is 0 Å². The lowest BCUT2D eigenvalue weighted by Crippen LogP contribution is -2.52. The van der Waals surface area contributed by atoms with Gasteiger partial charge in [0.05, 0.1) is 11.5 Å². The summed E-state index contributed by atoms with van der Waals surface area (Å²) in [6.07, 6.45) is 2.86. The van der Waals surface area contributed by atoms with E-state index in [-0.39, 0.29) is 12.5 Å². The maximum Gasteiger partial charge on any atom is 0.311 e. The van der Waals surface area contributed by atoms with Gasteiger partial charge in [-0.15, -0.1) is 0 Å². The Hall–Kier alpha value is -1.10. The van der Waals surface area contributed by atoms with E-state index in [0.29, 0.717) is 19.4 Å². The molecule has 0 radical (unpaired) electrons. The highest BCUT2D eigenvalue weighted by molar-refractivity contribution is 5.83. The molecule has 0 aliphatic carbocycles. The number of likely N-dealkylation sites (tertiary alicyclic amines) is 1. The number of amides is 1. The van der Waals surface area contributed by atoms with E-state index < -0.39 is 17.4 Å². The van der Waals surface area contributed by atoms with Crippen molar-refractivity contribution in [2.45, 2.75) is 45.6 Å². The van der Waals surface area contributed by atoms with Crippen LogP contribution in [0.25, 0.3) is 0 Å². The van der Waals surface area contributed by atoms with Crippen molar-refractivity contribution in [1.82, 2.24) is 4.90 Å². The molecule has 5 nitrogen and oxygen atoms in total. The average molecular weight is 242 g/mol. The average Bonchev–Trinajstić information content (AvgIpc) is 2.28. The molecule has 0 bridgehead atoms. The van der Waals surface area contributed by atoms with Crippen molar-refractivity contribution in [3.8, 4) is 0 Å². The van der Waals surface area contributed by atoms with Gasteiger partial charge in [0.25, 0.3) is 0 Å². The zero-order chi connectivity index (χ0) is 13.1. The summed E-state index contributed by atoms with van der Waals surface area (Å²) in [5.41, 5.74) is 4.97. The van der Waals surface area contributed by atoms with E-state index in [1.54, 1.807) is 11.8 Å². The summed E-state index contributed by atoms with van der Waals surface area (Å²) in [4.78, 5) is 24.8. The highest BCUT2D eigenvalue weighted by Gasteiger charge is 2.40. The van der Waals surface area contributed by atoms with Gasteiger partial charge in [-0.05, 0) is 26.2 Å². The molecule has 5 heteroatoms. The van der Waals surface area contributed by atoms with Crippen LogP contribution in [0.3, 0.4) is 0 Å². The Bertz CT molecular complexity index is 306. The lowest BCUT2D eigenvalue weighted by atomic mass is 9.82. The Morgan fingerprint density at radius 1 is 1.53 bits per heavy atom. The van der Waals surface area contributed by atoms with Crippen molar-refractivity contribution in [2.75, 3.05) is 13.1 Å². The first-order chi connectivity index (χ1) is 7.90. The second-order valence-electron chi connectivity index (χ2n) is 5.12. The topological polar surface area (TPSA) is 83.6 Å². The number of piperidine rings is 1. The first kappa shape index (κ1) is 14.0. The van der Waals surface area contributed by atoms with Crippen molar-refractivity contribution in [1.29, 1.82) is 0 Å². The van der Waals surface area contributed by atoms with Gasteiger partial charge < -0.3 is 15.7 Å². The normalized spacial score (nSPS) is 26.6. The lowest BCUT2D eigenvalue weighted by molar-refractivity contribution is -0.153. The molecule has 0 saturated carbocycles. The minimum Gasteiger partial charge on any atom is -0.481 e. The van der Waals surface area contributed by atoms with Gasteiger partial charge in [-0.3, -0.25) is 9.59 Å². The second kappa shape index (κ2) is 5.49. The van der Waals surface area contributed by atoms with E-state index in [1.165, 1.54) is 0 Å². The predicted octanol–water partition coefficient (Wildman–Crippen LogP) is 0.827. The van der Waals surface area contributed by atoms with Crippen LogP contribution in [0, 0.1) is 5.41 Å². The predicted molar refractivity (Wildman–Crippen MR) is 64.4 cm³/mol. The van der Waals surface area contributed by atoms with Crippen LogP contribution >= 0.6 is 0 Å². The molecular formula is C12H22N2O3. The maximum absolute atomic E-state index is 12.0. The number of aliphatic carboxylic acids is 1. The van der Waals surface area contributed by atoms with Crippen LogP contribution in [0.2, 0.25) is 0 Å². The van der Waals surface area contributed by atoms with Crippen molar-refractivity contribution in [2.24, 2.45) is 11.1 Å². The molecule has 1 unspecified atom stereocenters. The van der Waals surface area contributed by atoms with Crippen molar-refractivity contribution in [3.05, 3.63) is 0 Å². The molecule has 0 aromatic heterocycles. The summed E-state index contributed by atoms with van der Waals surface area (Å²) in [5.74, 6) is -0.946. The van der Waals surface area contributed by atoms with Gasteiger partial charge >= 0.3 is 5.97 Å². The van der Waals surface area contributed by atoms with E-state index in [0.717, 1.165) is 12.8 Å². The smallest absolute Gasteiger partial charge is 0.311 e. The molecule has 0 spiro atoms. The highest BCUT2D eigenvalue weighted by Crippen LogP contribution is 2.29. The first-order valence-electron chi connectivity index (χ1n) is 6.18. The summed E-state index contributed by atoms with van der Waals surface area (Å²) in [6, 6.07) is -0.490. The van der Waals surface area contributed by atoms with Crippen LogP contribution < -0.4 is 5.73 Å². The Balaban J connectivity index is 2.66. The Morgan fingerprint density at radius 3 is 2.71 bits per heavy atom. The van der Waals surface area contributed by atoms with Crippen LogP contribution in [-0.4, -0.2) is 41.0 Å². The van der Waals surface area contributed by atoms with Gasteiger partial charge in [-0.2, -0.15) is 0 Å². The van der Waals surface area contributed by atoms with Gasteiger partial charge in [0, 0.05) is 13.1 Å². The fraction of sp³-hybridized carbons (Fsp3) is 0.833. The molecule has 0 aromatic carbocycles. The molecule has 1 saturated heterocycles. The van der Waals surface area contributed by atoms with E-state index in [4.69, 9.17) is 10.8 Å². The quantitative estimate of drug-likeness (QED) is 0.764. The SMILES string of the molecule is CCC[C@H](N)C(=O)N1CCCC(C)(C(=O)O)C1. The third-order valence-corrected chi connectivity index (χ3v) is 3.44. The van der Waals surface area contributed by atoms with Crippen LogP contribution in [-0.2, 0) is 9.59 Å². The van der Waals surface area contributed by atoms with Crippen molar-refractivity contribution in [3.63, 3.8) is 0 Å². The van der Waals surface area contributed by atoms with Crippen LogP contribution in [0.1, 0.15) is 39.5 Å². The molecule has 1 aliphatic heterocycles. The maximum atomic E-state index is 12.0. The minimum atomic E-state index is -0.834. The molecule has 1 heterocycles. The van der Waals surface area contributed by atoms with E-state index >= 15 is 0 Å². The van der Waals surface area contributed by atoms with Gasteiger partial charge in [-0.25, -0.2) is 0 Å². The molecule has 2 atom stereocenters. The van der Waals surface area contributed by atoms with Crippen LogP contribution in [0.15, 0.2) is 0 Å². The number of hydrogen-bond donors (Lipinski definition) is 2. The zero-order valence-electron chi connectivity index (χ0n) is 10.6. The summed E-state index contributed by atoms with van der Waals surface area (Å²) in [5, 5.41) is 9.17. The third-order valence-electron chi connectivity index (χ3n) is 3.44. The van der Waals surface area contributed by atoms with E-state index in [1.807, 2.05) is 6.92 Å². The monoisotopic (exact) mass is 242 g/mol.